The van der Waals surface area contributed by atoms with E-state index in [1.165, 1.54) is 16.9 Å². The standard InChI is InChI=1S/C17H16N2OS/c1-12(13-7-3-2-4-8-13)11-16(20)19-17-18-14-9-5-6-10-15(14)21-17/h2-10,12H,11H2,1H3,(H,18,19,20)/t12-/m0/s1. The molecule has 0 saturated carbocycles. The quantitative estimate of drug-likeness (QED) is 0.774. The zero-order chi connectivity index (χ0) is 14.7. The van der Waals surface area contributed by atoms with Crippen molar-refractivity contribution < 1.29 is 4.79 Å². The van der Waals surface area contributed by atoms with Crippen LogP contribution in [-0.2, 0) is 4.79 Å². The maximum Gasteiger partial charge on any atom is 0.226 e. The van der Waals surface area contributed by atoms with Crippen LogP contribution in [0.3, 0.4) is 0 Å². The SMILES string of the molecule is C[C@@H](CC(=O)Nc1nc2ccccc2s1)c1ccccc1. The van der Waals surface area contributed by atoms with Crippen LogP contribution in [0.2, 0.25) is 0 Å². The molecule has 0 saturated heterocycles. The predicted molar refractivity (Wildman–Crippen MR) is 87.7 cm³/mol. The highest BCUT2D eigenvalue weighted by Gasteiger charge is 2.13. The number of amides is 1. The Morgan fingerprint density at radius 1 is 1.14 bits per heavy atom. The number of hydrogen-bond donors (Lipinski definition) is 1. The summed E-state index contributed by atoms with van der Waals surface area (Å²) in [6.07, 6.45) is 0.458. The van der Waals surface area contributed by atoms with Crippen LogP contribution in [0.15, 0.2) is 54.6 Å². The number of nitrogens with one attached hydrogen (secondary N) is 1. The number of hydrogen-bond acceptors (Lipinski definition) is 3. The van der Waals surface area contributed by atoms with Crippen molar-refractivity contribution in [1.29, 1.82) is 0 Å². The number of carbonyl (C=O) groups excluding carboxylic acids is 1. The third-order valence-corrected chi connectivity index (χ3v) is 4.35. The van der Waals surface area contributed by atoms with E-state index < -0.39 is 0 Å². The van der Waals surface area contributed by atoms with Gasteiger partial charge in [-0.2, -0.15) is 0 Å². The number of para-hydroxylation sites is 1. The van der Waals surface area contributed by atoms with Gasteiger partial charge in [-0.1, -0.05) is 60.7 Å². The van der Waals surface area contributed by atoms with Crippen LogP contribution in [0.1, 0.15) is 24.8 Å². The first-order chi connectivity index (χ1) is 10.2. The molecular formula is C17H16N2OS. The van der Waals surface area contributed by atoms with Gasteiger partial charge < -0.3 is 5.32 Å². The Morgan fingerprint density at radius 2 is 1.86 bits per heavy atom. The molecule has 4 heteroatoms. The number of fused-ring (bicyclic) bond motifs is 1. The number of nitrogens with zero attached hydrogens (tertiary/aromatic N) is 1. The molecule has 3 aromatic rings. The smallest absolute Gasteiger partial charge is 0.226 e. The van der Waals surface area contributed by atoms with E-state index in [0.717, 1.165) is 10.2 Å². The van der Waals surface area contributed by atoms with E-state index in [1.54, 1.807) is 0 Å². The number of aromatic nitrogens is 1. The van der Waals surface area contributed by atoms with Gasteiger partial charge in [0.15, 0.2) is 5.13 Å². The van der Waals surface area contributed by atoms with Gasteiger partial charge in [-0.05, 0) is 23.6 Å². The fraction of sp³-hybridized carbons (Fsp3) is 0.176. The van der Waals surface area contributed by atoms with Crippen LogP contribution >= 0.6 is 11.3 Å². The van der Waals surface area contributed by atoms with Crippen molar-refractivity contribution in [2.75, 3.05) is 5.32 Å². The summed E-state index contributed by atoms with van der Waals surface area (Å²) >= 11 is 1.51. The highest BCUT2D eigenvalue weighted by atomic mass is 32.1. The number of anilines is 1. The van der Waals surface area contributed by atoms with Crippen molar-refractivity contribution in [3.8, 4) is 0 Å². The summed E-state index contributed by atoms with van der Waals surface area (Å²) in [5.74, 6) is 0.200. The molecule has 1 aromatic heterocycles. The number of carbonyl (C=O) groups is 1. The minimum absolute atomic E-state index is 0.00501. The van der Waals surface area contributed by atoms with Crippen LogP contribution in [0.4, 0.5) is 5.13 Å². The third kappa shape index (κ3) is 3.28. The summed E-state index contributed by atoms with van der Waals surface area (Å²) in [7, 11) is 0. The molecule has 3 nitrogen and oxygen atoms in total. The van der Waals surface area contributed by atoms with Crippen molar-refractivity contribution in [2.24, 2.45) is 0 Å². The first-order valence-electron chi connectivity index (χ1n) is 6.93. The molecule has 1 atom stereocenters. The first-order valence-corrected chi connectivity index (χ1v) is 7.74. The van der Waals surface area contributed by atoms with E-state index in [9.17, 15) is 4.79 Å². The lowest BCUT2D eigenvalue weighted by molar-refractivity contribution is -0.116. The van der Waals surface area contributed by atoms with Crippen LogP contribution in [0.25, 0.3) is 10.2 Å². The summed E-state index contributed by atoms with van der Waals surface area (Å²) in [6, 6.07) is 18.0. The molecule has 0 bridgehead atoms. The number of rotatable bonds is 4. The Morgan fingerprint density at radius 3 is 2.62 bits per heavy atom. The minimum atomic E-state index is 0.00501. The molecule has 1 amide bonds. The molecule has 0 aliphatic rings. The maximum absolute atomic E-state index is 12.1. The van der Waals surface area contributed by atoms with Gasteiger partial charge in [0.25, 0.3) is 0 Å². The Balaban J connectivity index is 1.66. The van der Waals surface area contributed by atoms with Crippen molar-refractivity contribution in [3.05, 3.63) is 60.2 Å². The average molecular weight is 296 g/mol. The average Bonchev–Trinajstić information content (AvgIpc) is 2.90. The van der Waals surface area contributed by atoms with Crippen molar-refractivity contribution >= 4 is 32.6 Å². The van der Waals surface area contributed by atoms with Gasteiger partial charge in [-0.3, -0.25) is 4.79 Å². The van der Waals surface area contributed by atoms with E-state index in [-0.39, 0.29) is 11.8 Å². The zero-order valence-electron chi connectivity index (χ0n) is 11.7. The van der Waals surface area contributed by atoms with E-state index in [2.05, 4.69) is 29.4 Å². The fourth-order valence-corrected chi connectivity index (χ4v) is 3.16. The fourth-order valence-electron chi connectivity index (χ4n) is 2.27. The van der Waals surface area contributed by atoms with Crippen LogP contribution < -0.4 is 5.32 Å². The monoisotopic (exact) mass is 296 g/mol. The molecule has 106 valence electrons. The summed E-state index contributed by atoms with van der Waals surface area (Å²) < 4.78 is 1.09. The Hall–Kier alpha value is -2.20. The second kappa shape index (κ2) is 6.06. The molecule has 1 N–H and O–H groups in total. The summed E-state index contributed by atoms with van der Waals surface area (Å²) in [6.45, 7) is 2.06. The number of benzene rings is 2. The lowest BCUT2D eigenvalue weighted by Gasteiger charge is -2.10. The van der Waals surface area contributed by atoms with Gasteiger partial charge in [0.2, 0.25) is 5.91 Å². The van der Waals surface area contributed by atoms with Crippen molar-refractivity contribution in [2.45, 2.75) is 19.3 Å². The largest absolute Gasteiger partial charge is 0.302 e. The van der Waals surface area contributed by atoms with Gasteiger partial charge in [0.1, 0.15) is 0 Å². The summed E-state index contributed by atoms with van der Waals surface area (Å²) in [5, 5.41) is 3.57. The van der Waals surface area contributed by atoms with Crippen molar-refractivity contribution in [1.82, 2.24) is 4.98 Å². The van der Waals surface area contributed by atoms with Crippen LogP contribution in [-0.4, -0.2) is 10.9 Å². The molecule has 0 spiro atoms. The van der Waals surface area contributed by atoms with E-state index in [1.807, 2.05) is 42.5 Å². The highest BCUT2D eigenvalue weighted by molar-refractivity contribution is 7.22. The Kier molecular flexibility index (Phi) is 3.97. The molecular weight excluding hydrogens is 280 g/mol. The Labute approximate surface area is 127 Å². The molecule has 3 rings (SSSR count). The zero-order valence-corrected chi connectivity index (χ0v) is 12.6. The molecule has 21 heavy (non-hydrogen) atoms. The molecule has 0 unspecified atom stereocenters. The lowest BCUT2D eigenvalue weighted by Crippen LogP contribution is -2.14. The normalized spacial score (nSPS) is 12.2. The first kappa shape index (κ1) is 13.8. The molecule has 0 radical (unpaired) electrons. The molecule has 2 aromatic carbocycles. The van der Waals surface area contributed by atoms with Gasteiger partial charge in [0, 0.05) is 6.42 Å². The molecule has 0 aliphatic heterocycles. The minimum Gasteiger partial charge on any atom is -0.302 e. The van der Waals surface area contributed by atoms with Crippen LogP contribution in [0, 0.1) is 0 Å². The third-order valence-electron chi connectivity index (χ3n) is 3.40. The topological polar surface area (TPSA) is 42.0 Å². The molecule has 1 heterocycles. The van der Waals surface area contributed by atoms with Gasteiger partial charge in [-0.25, -0.2) is 4.98 Å². The lowest BCUT2D eigenvalue weighted by atomic mass is 9.98. The Bertz CT molecular complexity index is 719. The van der Waals surface area contributed by atoms with Gasteiger partial charge in [0.05, 0.1) is 10.2 Å². The van der Waals surface area contributed by atoms with E-state index in [4.69, 9.17) is 0 Å². The predicted octanol–water partition coefficient (Wildman–Crippen LogP) is 4.43. The van der Waals surface area contributed by atoms with Crippen LogP contribution in [0.5, 0.6) is 0 Å². The van der Waals surface area contributed by atoms with E-state index >= 15 is 0 Å². The van der Waals surface area contributed by atoms with Gasteiger partial charge in [-0.15, -0.1) is 0 Å². The summed E-state index contributed by atoms with van der Waals surface area (Å²) in [4.78, 5) is 16.5. The second-order valence-corrected chi connectivity index (χ2v) is 6.08. The van der Waals surface area contributed by atoms with Gasteiger partial charge >= 0.3 is 0 Å². The summed E-state index contributed by atoms with van der Waals surface area (Å²) in [5.41, 5.74) is 2.10. The maximum atomic E-state index is 12.1. The number of thiazole rings is 1. The molecule has 0 fully saturated rings. The molecule has 0 aliphatic carbocycles. The second-order valence-electron chi connectivity index (χ2n) is 5.05. The van der Waals surface area contributed by atoms with Crippen molar-refractivity contribution in [3.63, 3.8) is 0 Å². The van der Waals surface area contributed by atoms with E-state index in [0.29, 0.717) is 11.6 Å². The highest BCUT2D eigenvalue weighted by Crippen LogP contribution is 2.26.